The molecule has 45 heavy (non-hydrogen) atoms. The van der Waals surface area contributed by atoms with E-state index in [1.54, 1.807) is 0 Å². The van der Waals surface area contributed by atoms with Crippen molar-refractivity contribution in [2.45, 2.75) is 161 Å². The summed E-state index contributed by atoms with van der Waals surface area (Å²) in [7, 11) is -5.68. The average molecular weight is 679 g/mol. The second-order valence-electron chi connectivity index (χ2n) is 14.5. The van der Waals surface area contributed by atoms with Crippen LogP contribution in [0.5, 0.6) is 0 Å². The fourth-order valence-corrected chi connectivity index (χ4v) is 7.06. The molecule has 1 rings (SSSR count). The molecule has 1 aliphatic carbocycles. The van der Waals surface area contributed by atoms with Gasteiger partial charge in [-0.15, -0.1) is 0 Å². The molecule has 1 saturated carbocycles. The zero-order chi connectivity index (χ0) is 35.5. The van der Waals surface area contributed by atoms with Crippen LogP contribution in [-0.2, 0) is 56.5 Å². The fraction of sp³-hybridized carbons (Fsp3) is 0.833. The van der Waals surface area contributed by atoms with Gasteiger partial charge in [0.05, 0.1) is 0 Å². The fourth-order valence-electron chi connectivity index (χ4n) is 4.45. The lowest BCUT2D eigenvalue weighted by Gasteiger charge is -2.52. The van der Waals surface area contributed by atoms with E-state index >= 15 is 0 Å². The van der Waals surface area contributed by atoms with Gasteiger partial charge in [0, 0.05) is 34.6 Å². The van der Waals surface area contributed by atoms with E-state index in [1.165, 1.54) is 0 Å². The summed E-state index contributed by atoms with van der Waals surface area (Å²) < 4.78 is 42.0. The predicted molar refractivity (Wildman–Crippen MR) is 168 cm³/mol. The van der Waals surface area contributed by atoms with E-state index < -0.39 is 105 Å². The van der Waals surface area contributed by atoms with E-state index in [4.69, 9.17) is 32.5 Å². The summed E-state index contributed by atoms with van der Waals surface area (Å²) in [5.41, 5.74) is 0. The Morgan fingerprint density at radius 1 is 0.444 bits per heavy atom. The van der Waals surface area contributed by atoms with Crippen LogP contribution in [0.2, 0.25) is 36.3 Å². The van der Waals surface area contributed by atoms with Gasteiger partial charge in [-0.1, -0.05) is 41.5 Å². The minimum atomic E-state index is -2.85. The zero-order valence-corrected chi connectivity index (χ0v) is 31.5. The zero-order valence-electron chi connectivity index (χ0n) is 29.5. The molecule has 0 radical (unpaired) electrons. The molecule has 1 N–H and O–H groups in total. The minimum absolute atomic E-state index is 0.407. The summed E-state index contributed by atoms with van der Waals surface area (Å²) in [6, 6.07) is 0. The van der Waals surface area contributed by atoms with Crippen LogP contribution in [0.15, 0.2) is 0 Å². The average Bonchev–Trinajstić information content (AvgIpc) is 2.81. The first-order valence-corrected chi connectivity index (χ1v) is 20.8. The largest absolute Gasteiger partial charge is 0.456 e. The molecule has 0 saturated heterocycles. The van der Waals surface area contributed by atoms with Crippen molar-refractivity contribution in [1.82, 2.24) is 0 Å². The van der Waals surface area contributed by atoms with Gasteiger partial charge in [0.25, 0.3) is 0 Å². The van der Waals surface area contributed by atoms with Gasteiger partial charge in [0.2, 0.25) is 0 Å². The molecule has 1 fully saturated rings. The van der Waals surface area contributed by atoms with Gasteiger partial charge in [-0.2, -0.15) is 0 Å². The lowest BCUT2D eigenvalue weighted by Crippen LogP contribution is -2.70. The topological polar surface area (TPSA) is 170 Å². The summed E-state index contributed by atoms with van der Waals surface area (Å²) in [5, 5.41) is 11.4. The number of aliphatic hydroxyl groups is 1. The number of ether oxygens (including phenoxy) is 5. The second kappa shape index (κ2) is 15.0. The Bertz CT molecular complexity index is 1090. The summed E-state index contributed by atoms with van der Waals surface area (Å²) in [6.45, 7) is 25.1. The summed E-state index contributed by atoms with van der Waals surface area (Å²) in [4.78, 5) is 62.8. The van der Waals surface area contributed by atoms with Crippen LogP contribution in [0.3, 0.4) is 0 Å². The number of aliphatic hydroxyl groups excluding tert-OH is 1. The Morgan fingerprint density at radius 3 is 0.933 bits per heavy atom. The molecule has 0 aliphatic heterocycles. The number of hydrogen-bond acceptors (Lipinski definition) is 13. The third kappa shape index (κ3) is 10.9. The molecule has 0 heterocycles. The van der Waals surface area contributed by atoms with E-state index in [0.717, 1.165) is 34.6 Å². The minimum Gasteiger partial charge on any atom is -0.456 e. The van der Waals surface area contributed by atoms with Gasteiger partial charge in [-0.05, 0) is 36.3 Å². The van der Waals surface area contributed by atoms with Gasteiger partial charge < -0.3 is 37.6 Å². The third-order valence-corrected chi connectivity index (χ3v) is 17.5. The number of hydrogen-bond donors (Lipinski definition) is 1. The highest BCUT2D eigenvalue weighted by atomic mass is 28.4. The van der Waals surface area contributed by atoms with Crippen LogP contribution in [0.25, 0.3) is 0 Å². The second-order valence-corrected chi connectivity index (χ2v) is 24.1. The van der Waals surface area contributed by atoms with E-state index in [2.05, 4.69) is 0 Å². The van der Waals surface area contributed by atoms with Crippen LogP contribution < -0.4 is 0 Å². The van der Waals surface area contributed by atoms with Crippen LogP contribution in [0, 0.1) is 0 Å². The molecule has 0 spiro atoms. The third-order valence-electron chi connectivity index (χ3n) is 8.60. The van der Waals surface area contributed by atoms with Gasteiger partial charge in [-0.3, -0.25) is 24.0 Å². The molecule has 260 valence electrons. The Kier molecular flexibility index (Phi) is 13.6. The van der Waals surface area contributed by atoms with Crippen molar-refractivity contribution < 1.29 is 61.6 Å². The standard InChI is InChI=1S/C30H54O13Si2/c1-16(31)37-22-21(36)23(42-44(12,13)29(6,7)8)28(43-45(14,15)30(9,10)11)27(41-20(5)35)26(40-19(4)34)25(39-18(3)33)24(22)38-17(2)32/h21-28,36H,1-15H3/t21-,22+,23-,24+,25+,26+,27+,28+/m1/s1. The predicted octanol–water partition coefficient (Wildman–Crippen LogP) is 3.80. The van der Waals surface area contributed by atoms with Gasteiger partial charge in [-0.25, -0.2) is 0 Å². The van der Waals surface area contributed by atoms with Crippen molar-refractivity contribution in [1.29, 1.82) is 0 Å². The first kappa shape index (κ1) is 40.7. The number of esters is 5. The van der Waals surface area contributed by atoms with Crippen molar-refractivity contribution in [2.24, 2.45) is 0 Å². The van der Waals surface area contributed by atoms with E-state index in [0.29, 0.717) is 0 Å². The summed E-state index contributed by atoms with van der Waals surface area (Å²) >= 11 is 0. The van der Waals surface area contributed by atoms with Crippen molar-refractivity contribution in [2.75, 3.05) is 0 Å². The Balaban J connectivity index is 4.40. The first-order chi connectivity index (χ1) is 20.1. The Hall–Kier alpha value is -2.34. The maximum Gasteiger partial charge on any atom is 0.303 e. The highest BCUT2D eigenvalue weighted by Crippen LogP contribution is 2.44. The molecule has 0 aromatic heterocycles. The number of rotatable bonds is 9. The number of carbonyl (C=O) groups is 5. The Labute approximate surface area is 269 Å². The SMILES string of the molecule is CC(=O)O[C@H]1[C@@H](OC(C)=O)[C@@H](OC(C)=O)[C@@H](OC(C)=O)[C@@H](O)[C@@H](O[Si](C)(C)C(C)(C)C)[C@H](O[Si](C)(C)C(C)(C)C)[C@H]1OC(C)=O. The molecule has 0 aromatic rings. The molecule has 13 nitrogen and oxygen atoms in total. The van der Waals surface area contributed by atoms with Crippen molar-refractivity contribution in [3.05, 3.63) is 0 Å². The quantitative estimate of drug-likeness (QED) is 0.212. The molecule has 0 bridgehead atoms. The van der Waals surface area contributed by atoms with E-state index in [-0.39, 0.29) is 0 Å². The molecule has 0 amide bonds. The maximum absolute atomic E-state index is 12.7. The maximum atomic E-state index is 12.7. The normalized spacial score (nSPS) is 28.2. The highest BCUT2D eigenvalue weighted by molar-refractivity contribution is 6.74. The van der Waals surface area contributed by atoms with Crippen LogP contribution in [0.1, 0.15) is 76.2 Å². The lowest BCUT2D eigenvalue weighted by molar-refractivity contribution is -0.247. The van der Waals surface area contributed by atoms with Crippen molar-refractivity contribution in [3.8, 4) is 0 Å². The van der Waals surface area contributed by atoms with Crippen molar-refractivity contribution in [3.63, 3.8) is 0 Å². The molecule has 0 unspecified atom stereocenters. The number of carbonyl (C=O) groups excluding carboxylic acids is 5. The summed E-state index contributed by atoms with van der Waals surface area (Å²) in [5.74, 6) is -4.28. The molecule has 0 aromatic carbocycles. The smallest absolute Gasteiger partial charge is 0.303 e. The Morgan fingerprint density at radius 2 is 0.667 bits per heavy atom. The molecule has 1 aliphatic rings. The molecular formula is C30H54O13Si2. The first-order valence-electron chi connectivity index (χ1n) is 15.0. The highest BCUT2D eigenvalue weighted by Gasteiger charge is 2.60. The monoisotopic (exact) mass is 678 g/mol. The van der Waals surface area contributed by atoms with Crippen LogP contribution in [0.4, 0.5) is 0 Å². The lowest BCUT2D eigenvalue weighted by atomic mass is 9.84. The molecular weight excluding hydrogens is 624 g/mol. The van der Waals surface area contributed by atoms with Gasteiger partial charge >= 0.3 is 29.8 Å². The van der Waals surface area contributed by atoms with Crippen molar-refractivity contribution >= 4 is 46.5 Å². The summed E-state index contributed by atoms with van der Waals surface area (Å²) in [6.07, 6.45) is -12.9. The van der Waals surface area contributed by atoms with Gasteiger partial charge in [0.15, 0.2) is 47.2 Å². The van der Waals surface area contributed by atoms with Crippen LogP contribution in [-0.4, -0.2) is 100 Å². The van der Waals surface area contributed by atoms with Gasteiger partial charge in [0.1, 0.15) is 18.3 Å². The van der Waals surface area contributed by atoms with Crippen LogP contribution >= 0.6 is 0 Å². The molecule has 15 heteroatoms. The van der Waals surface area contributed by atoms with E-state index in [9.17, 15) is 29.1 Å². The molecule has 8 atom stereocenters. The van der Waals surface area contributed by atoms with E-state index in [1.807, 2.05) is 67.7 Å².